The summed E-state index contributed by atoms with van der Waals surface area (Å²) < 4.78 is 11.5. The van der Waals surface area contributed by atoms with Gasteiger partial charge >= 0.3 is 0 Å². The Morgan fingerprint density at radius 1 is 1.20 bits per heavy atom. The molecule has 5 rings (SSSR count). The van der Waals surface area contributed by atoms with E-state index in [1.807, 2.05) is 48.2 Å². The number of benzene rings is 2. The third-order valence-electron chi connectivity index (χ3n) is 7.31. The van der Waals surface area contributed by atoms with Crippen LogP contribution >= 0.6 is 0 Å². The molecule has 1 fully saturated rings. The molecule has 0 saturated carbocycles. The maximum atomic E-state index is 13.6. The van der Waals surface area contributed by atoms with Crippen molar-refractivity contribution < 1.29 is 23.8 Å². The number of aliphatic hydroxyl groups excluding tert-OH is 1. The van der Waals surface area contributed by atoms with Crippen molar-refractivity contribution in [3.8, 4) is 11.5 Å². The van der Waals surface area contributed by atoms with Gasteiger partial charge in [0, 0.05) is 19.6 Å². The Bertz CT molecular complexity index is 1240. The zero-order valence-electron chi connectivity index (χ0n) is 20.2. The van der Waals surface area contributed by atoms with Crippen LogP contribution in [0.25, 0.3) is 0 Å². The molecule has 2 aliphatic rings. The number of piperidine rings is 1. The standard InChI is InChI=1S/C28H30N2O5/c1-17-7-4-5-8-24(17)35-20-11-10-19-12-13-30-22(21(19)15-20)16-23(26(18(2)31)28(30)33)29(3)27(32)25-9-6-14-34-25/h4-11,14-15,18,22-23,26,31H,12-13,16H2,1-3H3/t18-,22-,23-,26-/m0/s1. The summed E-state index contributed by atoms with van der Waals surface area (Å²) in [4.78, 5) is 30.1. The molecular weight excluding hydrogens is 444 g/mol. The monoisotopic (exact) mass is 474 g/mol. The van der Waals surface area contributed by atoms with Crippen molar-refractivity contribution in [1.29, 1.82) is 0 Å². The van der Waals surface area contributed by atoms with E-state index in [0.717, 1.165) is 23.3 Å². The molecule has 4 atom stereocenters. The highest BCUT2D eigenvalue weighted by molar-refractivity contribution is 5.92. The second-order valence-electron chi connectivity index (χ2n) is 9.49. The van der Waals surface area contributed by atoms with E-state index in [2.05, 4.69) is 6.07 Å². The minimum atomic E-state index is -0.891. The Labute approximate surface area is 204 Å². The highest BCUT2D eigenvalue weighted by Crippen LogP contribution is 2.43. The number of hydrogen-bond donors (Lipinski definition) is 1. The molecule has 7 heteroatoms. The lowest BCUT2D eigenvalue weighted by atomic mass is 9.77. The first-order valence-corrected chi connectivity index (χ1v) is 12.0. The van der Waals surface area contributed by atoms with Crippen molar-refractivity contribution in [3.63, 3.8) is 0 Å². The molecule has 3 heterocycles. The molecule has 2 aliphatic heterocycles. The van der Waals surface area contributed by atoms with Gasteiger partial charge in [0.25, 0.3) is 5.91 Å². The SMILES string of the molecule is Cc1ccccc1Oc1ccc2c(c1)[C@@H]1C[C@H](N(C)C(=O)c3ccco3)[C@H]([C@H](C)O)C(=O)N1CC2. The molecule has 1 saturated heterocycles. The van der Waals surface area contributed by atoms with Gasteiger partial charge in [0.15, 0.2) is 5.76 Å². The Balaban J connectivity index is 1.48. The van der Waals surface area contributed by atoms with Gasteiger partial charge in [0.05, 0.1) is 24.3 Å². The van der Waals surface area contributed by atoms with E-state index in [9.17, 15) is 14.7 Å². The van der Waals surface area contributed by atoms with Crippen LogP contribution in [-0.4, -0.2) is 52.5 Å². The number of aliphatic hydroxyl groups is 1. The van der Waals surface area contributed by atoms with Gasteiger partial charge in [-0.05, 0) is 73.7 Å². The number of carbonyl (C=O) groups excluding carboxylic acids is 2. The van der Waals surface area contributed by atoms with E-state index in [-0.39, 0.29) is 23.6 Å². The predicted molar refractivity (Wildman–Crippen MR) is 130 cm³/mol. The van der Waals surface area contributed by atoms with Crippen molar-refractivity contribution in [2.75, 3.05) is 13.6 Å². The first kappa shape index (κ1) is 23.2. The molecule has 1 aromatic heterocycles. The van der Waals surface area contributed by atoms with Crippen LogP contribution in [0.4, 0.5) is 0 Å². The molecule has 3 aromatic rings. The lowest BCUT2D eigenvalue weighted by Crippen LogP contribution is -2.59. The van der Waals surface area contributed by atoms with Crippen LogP contribution < -0.4 is 4.74 Å². The van der Waals surface area contributed by atoms with Gasteiger partial charge in [0.2, 0.25) is 5.91 Å². The molecular formula is C28H30N2O5. The Kier molecular flexibility index (Phi) is 6.11. The highest BCUT2D eigenvalue weighted by atomic mass is 16.5. The number of para-hydroxylation sites is 1. The van der Waals surface area contributed by atoms with Gasteiger partial charge < -0.3 is 24.1 Å². The Morgan fingerprint density at radius 2 is 2.00 bits per heavy atom. The van der Waals surface area contributed by atoms with E-state index >= 15 is 0 Å². The van der Waals surface area contributed by atoms with Gasteiger partial charge in [-0.2, -0.15) is 0 Å². The number of furan rings is 1. The van der Waals surface area contributed by atoms with E-state index in [1.54, 1.807) is 31.0 Å². The van der Waals surface area contributed by atoms with Gasteiger partial charge in [0.1, 0.15) is 11.5 Å². The second kappa shape index (κ2) is 9.23. The number of aryl methyl sites for hydroxylation is 1. The zero-order chi connectivity index (χ0) is 24.7. The van der Waals surface area contributed by atoms with E-state index in [4.69, 9.17) is 9.15 Å². The minimum Gasteiger partial charge on any atom is -0.459 e. The number of carbonyl (C=O) groups is 2. The molecule has 35 heavy (non-hydrogen) atoms. The van der Waals surface area contributed by atoms with Crippen LogP contribution in [-0.2, 0) is 11.2 Å². The normalized spacial score (nSPS) is 22.2. The Morgan fingerprint density at radius 3 is 2.71 bits per heavy atom. The first-order chi connectivity index (χ1) is 16.8. The maximum absolute atomic E-state index is 13.6. The molecule has 2 amide bonds. The van der Waals surface area contributed by atoms with Crippen LogP contribution in [0.1, 0.15) is 46.6 Å². The lowest BCUT2D eigenvalue weighted by Gasteiger charge is -2.49. The van der Waals surface area contributed by atoms with Gasteiger partial charge in [-0.15, -0.1) is 0 Å². The van der Waals surface area contributed by atoms with Crippen molar-refractivity contribution in [3.05, 3.63) is 83.3 Å². The smallest absolute Gasteiger partial charge is 0.289 e. The van der Waals surface area contributed by atoms with Crippen molar-refractivity contribution in [2.24, 2.45) is 5.92 Å². The molecule has 0 radical (unpaired) electrons. The van der Waals surface area contributed by atoms with Crippen LogP contribution in [0.15, 0.2) is 65.3 Å². The molecule has 2 aromatic carbocycles. The quantitative estimate of drug-likeness (QED) is 0.595. The second-order valence-corrected chi connectivity index (χ2v) is 9.49. The molecule has 0 aliphatic carbocycles. The number of ether oxygens (including phenoxy) is 1. The fourth-order valence-electron chi connectivity index (χ4n) is 5.44. The van der Waals surface area contributed by atoms with Crippen molar-refractivity contribution in [2.45, 2.75) is 44.9 Å². The molecule has 1 N–H and O–H groups in total. The van der Waals surface area contributed by atoms with Gasteiger partial charge in [-0.1, -0.05) is 24.3 Å². The average Bonchev–Trinajstić information content (AvgIpc) is 3.39. The predicted octanol–water partition coefficient (Wildman–Crippen LogP) is 4.35. The van der Waals surface area contributed by atoms with Gasteiger partial charge in [-0.25, -0.2) is 0 Å². The number of hydrogen-bond acceptors (Lipinski definition) is 5. The summed E-state index contributed by atoms with van der Waals surface area (Å²) in [6.45, 7) is 4.20. The van der Waals surface area contributed by atoms with E-state index in [0.29, 0.717) is 18.7 Å². The number of amides is 2. The number of nitrogens with zero attached hydrogens (tertiary/aromatic N) is 2. The fourth-order valence-corrected chi connectivity index (χ4v) is 5.44. The minimum absolute atomic E-state index is 0.128. The van der Waals surface area contributed by atoms with Crippen LogP contribution in [0, 0.1) is 12.8 Å². The summed E-state index contributed by atoms with van der Waals surface area (Å²) in [5.41, 5.74) is 3.24. The van der Waals surface area contributed by atoms with Gasteiger partial charge in [-0.3, -0.25) is 9.59 Å². The fraction of sp³-hybridized carbons (Fsp3) is 0.357. The average molecular weight is 475 g/mol. The molecule has 0 unspecified atom stereocenters. The lowest BCUT2D eigenvalue weighted by molar-refractivity contribution is -0.151. The summed E-state index contributed by atoms with van der Waals surface area (Å²) in [6, 6.07) is 16.5. The summed E-state index contributed by atoms with van der Waals surface area (Å²) >= 11 is 0. The van der Waals surface area contributed by atoms with E-state index < -0.39 is 18.1 Å². The highest BCUT2D eigenvalue weighted by Gasteiger charge is 2.48. The third-order valence-corrected chi connectivity index (χ3v) is 7.31. The zero-order valence-corrected chi connectivity index (χ0v) is 20.2. The summed E-state index contributed by atoms with van der Waals surface area (Å²) in [5, 5.41) is 10.6. The number of rotatable bonds is 5. The summed E-state index contributed by atoms with van der Waals surface area (Å²) in [6.07, 6.45) is 1.82. The van der Waals surface area contributed by atoms with E-state index in [1.165, 1.54) is 11.8 Å². The van der Waals surface area contributed by atoms with Crippen molar-refractivity contribution >= 4 is 11.8 Å². The van der Waals surface area contributed by atoms with Crippen LogP contribution in [0.2, 0.25) is 0 Å². The van der Waals surface area contributed by atoms with Crippen LogP contribution in [0.5, 0.6) is 11.5 Å². The molecule has 7 nitrogen and oxygen atoms in total. The molecule has 0 spiro atoms. The topological polar surface area (TPSA) is 83.2 Å². The molecule has 0 bridgehead atoms. The largest absolute Gasteiger partial charge is 0.459 e. The first-order valence-electron chi connectivity index (χ1n) is 12.0. The summed E-state index contributed by atoms with van der Waals surface area (Å²) in [5.74, 6) is 0.570. The third kappa shape index (κ3) is 4.21. The van der Waals surface area contributed by atoms with Crippen molar-refractivity contribution in [1.82, 2.24) is 9.80 Å². The van der Waals surface area contributed by atoms with Crippen LogP contribution in [0.3, 0.4) is 0 Å². The number of fused-ring (bicyclic) bond motifs is 3. The summed E-state index contributed by atoms with van der Waals surface area (Å²) in [7, 11) is 1.68. The molecule has 182 valence electrons. The Hall–Kier alpha value is -3.58. The maximum Gasteiger partial charge on any atom is 0.289 e.